The zero-order chi connectivity index (χ0) is 14.9. The second-order valence-electron chi connectivity index (χ2n) is 6.02. The third-order valence-electron chi connectivity index (χ3n) is 4.53. The molecule has 3 rings (SSSR count). The Bertz CT molecular complexity index is 547. The minimum Gasteiger partial charge on any atom is -0.399 e. The summed E-state index contributed by atoms with van der Waals surface area (Å²) in [6, 6.07) is 7.49. The molecule has 1 aromatic rings. The van der Waals surface area contributed by atoms with E-state index in [1.54, 1.807) is 0 Å². The van der Waals surface area contributed by atoms with Gasteiger partial charge in [0.2, 0.25) is 0 Å². The van der Waals surface area contributed by atoms with Crippen LogP contribution in [0.4, 0.5) is 10.5 Å². The summed E-state index contributed by atoms with van der Waals surface area (Å²) in [6.07, 6.45) is 5.22. The molecular formula is C16H21N3O2. The number of carbonyl (C=O) groups is 2. The van der Waals surface area contributed by atoms with Crippen molar-refractivity contribution in [2.24, 2.45) is 0 Å². The number of urea groups is 1. The number of benzene rings is 1. The Morgan fingerprint density at radius 3 is 2.48 bits per heavy atom. The highest BCUT2D eigenvalue weighted by molar-refractivity contribution is 6.07. The summed E-state index contributed by atoms with van der Waals surface area (Å²) < 4.78 is 0. The fourth-order valence-corrected chi connectivity index (χ4v) is 3.32. The third kappa shape index (κ3) is 2.60. The maximum absolute atomic E-state index is 12.5. The molecule has 1 saturated heterocycles. The van der Waals surface area contributed by atoms with Crippen LogP contribution < -0.4 is 11.1 Å². The molecule has 1 heterocycles. The molecule has 21 heavy (non-hydrogen) atoms. The number of carbonyl (C=O) groups excluding carboxylic acids is 2. The van der Waals surface area contributed by atoms with Gasteiger partial charge in [0, 0.05) is 12.2 Å². The number of hydrogen-bond donors (Lipinski definition) is 2. The van der Waals surface area contributed by atoms with Crippen LogP contribution in [0.1, 0.15) is 37.7 Å². The van der Waals surface area contributed by atoms with Crippen molar-refractivity contribution in [2.45, 2.75) is 44.1 Å². The summed E-state index contributed by atoms with van der Waals surface area (Å²) >= 11 is 0. The number of nitrogens with one attached hydrogen (secondary N) is 1. The number of amides is 3. The predicted octanol–water partition coefficient (Wildman–Crippen LogP) is 2.07. The van der Waals surface area contributed by atoms with E-state index in [1.165, 1.54) is 10.5 Å². The van der Waals surface area contributed by atoms with Gasteiger partial charge in [-0.15, -0.1) is 0 Å². The highest BCUT2D eigenvalue weighted by atomic mass is 16.2. The number of nitrogens with zero attached hydrogens (tertiary/aromatic N) is 1. The van der Waals surface area contributed by atoms with Gasteiger partial charge in [-0.3, -0.25) is 9.69 Å². The fourth-order valence-electron chi connectivity index (χ4n) is 3.32. The van der Waals surface area contributed by atoms with E-state index in [0.29, 0.717) is 6.54 Å². The summed E-state index contributed by atoms with van der Waals surface area (Å²) in [4.78, 5) is 25.9. The lowest BCUT2D eigenvalue weighted by Gasteiger charge is -2.20. The Morgan fingerprint density at radius 1 is 1.14 bits per heavy atom. The first-order chi connectivity index (χ1) is 10.1. The van der Waals surface area contributed by atoms with E-state index in [9.17, 15) is 9.59 Å². The van der Waals surface area contributed by atoms with E-state index in [0.717, 1.165) is 44.2 Å². The van der Waals surface area contributed by atoms with Crippen molar-refractivity contribution in [2.75, 3.05) is 12.3 Å². The van der Waals surface area contributed by atoms with E-state index >= 15 is 0 Å². The summed E-state index contributed by atoms with van der Waals surface area (Å²) in [5.74, 6) is -0.0256. The molecule has 0 unspecified atom stereocenters. The second-order valence-corrected chi connectivity index (χ2v) is 6.02. The van der Waals surface area contributed by atoms with Crippen LogP contribution in [-0.2, 0) is 11.2 Å². The average molecular weight is 287 g/mol. The second kappa shape index (κ2) is 5.39. The largest absolute Gasteiger partial charge is 0.399 e. The minimum absolute atomic E-state index is 0.0256. The number of hydrogen-bond acceptors (Lipinski definition) is 3. The van der Waals surface area contributed by atoms with Gasteiger partial charge in [-0.1, -0.05) is 25.0 Å². The lowest BCUT2D eigenvalue weighted by molar-refractivity contribution is -0.131. The molecular weight excluding hydrogens is 266 g/mol. The van der Waals surface area contributed by atoms with Crippen LogP contribution in [0.25, 0.3) is 0 Å². The van der Waals surface area contributed by atoms with Gasteiger partial charge in [-0.2, -0.15) is 0 Å². The van der Waals surface area contributed by atoms with Gasteiger partial charge < -0.3 is 11.1 Å². The maximum atomic E-state index is 12.5. The van der Waals surface area contributed by atoms with Crippen molar-refractivity contribution in [3.05, 3.63) is 29.8 Å². The molecule has 2 fully saturated rings. The Balaban J connectivity index is 1.56. The monoisotopic (exact) mass is 287 g/mol. The Labute approximate surface area is 124 Å². The first-order valence-corrected chi connectivity index (χ1v) is 7.59. The van der Waals surface area contributed by atoms with E-state index in [2.05, 4.69) is 5.32 Å². The van der Waals surface area contributed by atoms with Gasteiger partial charge >= 0.3 is 6.03 Å². The number of aryl methyl sites for hydroxylation is 1. The summed E-state index contributed by atoms with van der Waals surface area (Å²) in [5, 5.41) is 2.91. The smallest absolute Gasteiger partial charge is 0.325 e. The lowest BCUT2D eigenvalue weighted by atomic mass is 9.98. The molecule has 2 aliphatic rings. The molecule has 1 aliphatic carbocycles. The molecule has 3 amide bonds. The number of anilines is 1. The van der Waals surface area contributed by atoms with Crippen LogP contribution in [0.3, 0.4) is 0 Å². The molecule has 3 N–H and O–H groups in total. The molecule has 1 spiro atoms. The van der Waals surface area contributed by atoms with Gasteiger partial charge in [0.25, 0.3) is 5.91 Å². The Morgan fingerprint density at radius 2 is 1.81 bits per heavy atom. The van der Waals surface area contributed by atoms with Crippen molar-refractivity contribution in [3.8, 4) is 0 Å². The highest BCUT2D eigenvalue weighted by Gasteiger charge is 2.51. The van der Waals surface area contributed by atoms with E-state index in [4.69, 9.17) is 5.73 Å². The molecule has 1 aliphatic heterocycles. The van der Waals surface area contributed by atoms with Gasteiger partial charge in [-0.25, -0.2) is 4.79 Å². The molecule has 0 atom stereocenters. The van der Waals surface area contributed by atoms with E-state index in [-0.39, 0.29) is 11.9 Å². The molecule has 1 aromatic carbocycles. The topological polar surface area (TPSA) is 75.4 Å². The zero-order valence-corrected chi connectivity index (χ0v) is 12.1. The molecule has 1 saturated carbocycles. The molecule has 5 nitrogen and oxygen atoms in total. The average Bonchev–Trinajstić information content (AvgIpc) is 3.02. The first kappa shape index (κ1) is 13.9. The first-order valence-electron chi connectivity index (χ1n) is 7.59. The normalized spacial score (nSPS) is 20.3. The van der Waals surface area contributed by atoms with Crippen LogP contribution in [-0.4, -0.2) is 28.9 Å². The quantitative estimate of drug-likeness (QED) is 0.657. The Kier molecular flexibility index (Phi) is 3.57. The Hall–Kier alpha value is -2.04. The number of rotatable bonds is 4. The number of nitrogen functional groups attached to an aromatic ring is 1. The van der Waals surface area contributed by atoms with E-state index in [1.807, 2.05) is 24.3 Å². The van der Waals surface area contributed by atoms with Crippen LogP contribution in [0, 0.1) is 0 Å². The van der Waals surface area contributed by atoms with Gasteiger partial charge in [0.15, 0.2) is 0 Å². The maximum Gasteiger partial charge on any atom is 0.325 e. The van der Waals surface area contributed by atoms with Crippen molar-refractivity contribution >= 4 is 17.6 Å². The highest BCUT2D eigenvalue weighted by Crippen LogP contribution is 2.35. The van der Waals surface area contributed by atoms with Crippen molar-refractivity contribution < 1.29 is 9.59 Å². The lowest BCUT2D eigenvalue weighted by Crippen LogP contribution is -2.44. The number of imide groups is 1. The standard InChI is InChI=1S/C16H21N3O2/c17-13-7-5-12(6-8-13)4-3-11-19-14(20)16(18-15(19)21)9-1-2-10-16/h5-8H,1-4,9-11,17H2,(H,18,21). The van der Waals surface area contributed by atoms with Gasteiger partial charge in [0.05, 0.1) is 0 Å². The van der Waals surface area contributed by atoms with Gasteiger partial charge in [-0.05, 0) is 43.4 Å². The minimum atomic E-state index is -0.585. The van der Waals surface area contributed by atoms with Crippen LogP contribution in [0.5, 0.6) is 0 Å². The SMILES string of the molecule is Nc1ccc(CCCN2C(=O)NC3(CCCC3)C2=O)cc1. The van der Waals surface area contributed by atoms with Crippen LogP contribution in [0.2, 0.25) is 0 Å². The third-order valence-corrected chi connectivity index (χ3v) is 4.53. The molecule has 5 heteroatoms. The van der Waals surface area contributed by atoms with Crippen LogP contribution >= 0.6 is 0 Å². The predicted molar refractivity (Wildman–Crippen MR) is 80.6 cm³/mol. The summed E-state index contributed by atoms with van der Waals surface area (Å²) in [5.41, 5.74) is 6.99. The summed E-state index contributed by atoms with van der Waals surface area (Å²) in [6.45, 7) is 0.483. The fraction of sp³-hybridized carbons (Fsp3) is 0.500. The van der Waals surface area contributed by atoms with Crippen molar-refractivity contribution in [3.63, 3.8) is 0 Å². The number of nitrogens with two attached hydrogens (primary N) is 1. The van der Waals surface area contributed by atoms with Crippen LogP contribution in [0.15, 0.2) is 24.3 Å². The molecule has 0 bridgehead atoms. The van der Waals surface area contributed by atoms with Crippen molar-refractivity contribution in [1.82, 2.24) is 10.2 Å². The van der Waals surface area contributed by atoms with Crippen molar-refractivity contribution in [1.29, 1.82) is 0 Å². The van der Waals surface area contributed by atoms with E-state index < -0.39 is 5.54 Å². The molecule has 0 radical (unpaired) electrons. The molecule has 0 aromatic heterocycles. The summed E-state index contributed by atoms with van der Waals surface area (Å²) in [7, 11) is 0. The van der Waals surface area contributed by atoms with Gasteiger partial charge in [0.1, 0.15) is 5.54 Å². The molecule has 112 valence electrons. The zero-order valence-electron chi connectivity index (χ0n) is 12.1.